The Bertz CT molecular complexity index is 309. The maximum absolute atomic E-state index is 12.0. The first-order chi connectivity index (χ1) is 9.25. The van der Waals surface area contributed by atoms with Gasteiger partial charge in [-0.2, -0.15) is 0 Å². The van der Waals surface area contributed by atoms with Gasteiger partial charge in [0, 0.05) is 6.54 Å². The van der Waals surface area contributed by atoms with Gasteiger partial charge in [-0.3, -0.25) is 9.63 Å². The minimum absolute atomic E-state index is 0.181. The average Bonchev–Trinajstić information content (AvgIpc) is 2.32. The monoisotopic (exact) mass is 288 g/mol. The van der Waals surface area contributed by atoms with E-state index in [1.807, 2.05) is 13.8 Å². The topological polar surface area (TPSA) is 76.7 Å². The first-order valence-electron chi connectivity index (χ1n) is 7.04. The number of nitrogens with one attached hydrogen (secondary N) is 2. The molecule has 0 aromatic carbocycles. The molecule has 20 heavy (non-hydrogen) atoms. The van der Waals surface area contributed by atoms with Gasteiger partial charge >= 0.3 is 6.09 Å². The van der Waals surface area contributed by atoms with E-state index < -0.39 is 11.7 Å². The van der Waals surface area contributed by atoms with Crippen LogP contribution in [0.3, 0.4) is 0 Å². The molecule has 6 heteroatoms. The van der Waals surface area contributed by atoms with Crippen molar-refractivity contribution in [3.8, 4) is 0 Å². The second-order valence-corrected chi connectivity index (χ2v) is 5.74. The molecule has 1 atom stereocenters. The second-order valence-electron chi connectivity index (χ2n) is 5.74. The molecule has 0 radical (unpaired) electrons. The van der Waals surface area contributed by atoms with Crippen molar-refractivity contribution in [2.45, 2.75) is 53.1 Å². The number of carbonyl (C=O) groups excluding carboxylic acids is 2. The molecule has 6 nitrogen and oxygen atoms in total. The summed E-state index contributed by atoms with van der Waals surface area (Å²) in [6.45, 7) is 9.66. The number of hydrogen-bond acceptors (Lipinski definition) is 4. The fourth-order valence-corrected chi connectivity index (χ4v) is 2.01. The summed E-state index contributed by atoms with van der Waals surface area (Å²) in [6.07, 6.45) is 1.20. The van der Waals surface area contributed by atoms with E-state index in [4.69, 9.17) is 4.74 Å². The first-order valence-corrected chi connectivity index (χ1v) is 7.04. The summed E-state index contributed by atoms with van der Waals surface area (Å²) >= 11 is 0. The number of alkyl carbamates (subject to hydrolysis) is 1. The fourth-order valence-electron chi connectivity index (χ4n) is 2.01. The molecule has 0 aromatic rings. The van der Waals surface area contributed by atoms with Crippen LogP contribution in [0.4, 0.5) is 4.79 Å². The maximum Gasteiger partial charge on any atom is 0.407 e. The van der Waals surface area contributed by atoms with Crippen LogP contribution in [0.1, 0.15) is 47.5 Å². The van der Waals surface area contributed by atoms with Crippen molar-refractivity contribution < 1.29 is 19.2 Å². The smallest absolute Gasteiger partial charge is 0.407 e. The van der Waals surface area contributed by atoms with Crippen molar-refractivity contribution >= 4 is 12.0 Å². The van der Waals surface area contributed by atoms with Crippen LogP contribution in [0.25, 0.3) is 0 Å². The summed E-state index contributed by atoms with van der Waals surface area (Å²) in [4.78, 5) is 28.3. The molecule has 0 rings (SSSR count). The highest BCUT2D eigenvalue weighted by Crippen LogP contribution is 2.19. The number of carbonyl (C=O) groups is 2. The summed E-state index contributed by atoms with van der Waals surface area (Å²) in [5.41, 5.74) is 1.78. The van der Waals surface area contributed by atoms with Crippen LogP contribution in [-0.2, 0) is 14.4 Å². The summed E-state index contributed by atoms with van der Waals surface area (Å²) in [5.74, 6) is -0.380. The molecule has 0 aliphatic carbocycles. The van der Waals surface area contributed by atoms with Crippen LogP contribution in [0.2, 0.25) is 0 Å². The lowest BCUT2D eigenvalue weighted by molar-refractivity contribution is -0.137. The third-order valence-electron chi connectivity index (χ3n) is 3.02. The number of hydroxylamine groups is 1. The van der Waals surface area contributed by atoms with Crippen LogP contribution < -0.4 is 10.8 Å². The van der Waals surface area contributed by atoms with E-state index in [-0.39, 0.29) is 24.3 Å². The van der Waals surface area contributed by atoms with Crippen molar-refractivity contribution in [2.24, 2.45) is 11.8 Å². The minimum Gasteiger partial charge on any atom is -0.444 e. The Morgan fingerprint density at radius 3 is 2.10 bits per heavy atom. The number of ether oxygens (including phenoxy) is 1. The fraction of sp³-hybridized carbons (Fsp3) is 0.857. The highest BCUT2D eigenvalue weighted by atomic mass is 16.6. The van der Waals surface area contributed by atoms with Gasteiger partial charge in [-0.15, -0.1) is 0 Å². The lowest BCUT2D eigenvalue weighted by Crippen LogP contribution is -2.43. The Morgan fingerprint density at radius 2 is 1.70 bits per heavy atom. The normalized spacial score (nSPS) is 12.9. The summed E-state index contributed by atoms with van der Waals surface area (Å²) in [5, 5.41) is 2.65. The van der Waals surface area contributed by atoms with Crippen LogP contribution in [0, 0.1) is 11.8 Å². The van der Waals surface area contributed by atoms with Gasteiger partial charge in [0.2, 0.25) is 5.91 Å². The molecule has 2 N–H and O–H groups in total. The molecule has 0 heterocycles. The predicted molar refractivity (Wildman–Crippen MR) is 77.0 cm³/mol. The van der Waals surface area contributed by atoms with Gasteiger partial charge in [0.25, 0.3) is 0 Å². The molecule has 0 fully saturated rings. The number of rotatable bonds is 7. The van der Waals surface area contributed by atoms with Crippen LogP contribution >= 0.6 is 0 Å². The highest BCUT2D eigenvalue weighted by Gasteiger charge is 2.27. The summed E-state index contributed by atoms with van der Waals surface area (Å²) in [6, 6.07) is 0. The Morgan fingerprint density at radius 1 is 1.15 bits per heavy atom. The second kappa shape index (κ2) is 8.79. The van der Waals surface area contributed by atoms with Crippen LogP contribution in [0.5, 0.6) is 0 Å². The highest BCUT2D eigenvalue weighted by molar-refractivity contribution is 5.79. The van der Waals surface area contributed by atoms with Crippen molar-refractivity contribution in [2.75, 3.05) is 13.7 Å². The van der Waals surface area contributed by atoms with Crippen molar-refractivity contribution in [3.63, 3.8) is 0 Å². The standard InChI is InChI=1S/C14H28N2O4/c1-7-10(8-2)11(12(17)16-19-6)9-15-13(18)20-14(3,4)5/h10-11H,7-9H2,1-6H3,(H,15,18)(H,16,17). The maximum atomic E-state index is 12.0. The third kappa shape index (κ3) is 7.33. The van der Waals surface area contributed by atoms with Crippen LogP contribution in [0.15, 0.2) is 0 Å². The molecule has 1 unspecified atom stereocenters. The van der Waals surface area contributed by atoms with Gasteiger partial charge in [-0.25, -0.2) is 10.3 Å². The molecule has 0 aliphatic heterocycles. The zero-order chi connectivity index (χ0) is 15.8. The Kier molecular flexibility index (Phi) is 8.22. The van der Waals surface area contributed by atoms with E-state index in [2.05, 4.69) is 15.6 Å². The van der Waals surface area contributed by atoms with Crippen molar-refractivity contribution in [1.82, 2.24) is 10.8 Å². The third-order valence-corrected chi connectivity index (χ3v) is 3.02. The van der Waals surface area contributed by atoms with E-state index in [1.165, 1.54) is 7.11 Å². The van der Waals surface area contributed by atoms with Gasteiger partial charge in [0.1, 0.15) is 5.60 Å². The van der Waals surface area contributed by atoms with Crippen molar-refractivity contribution in [1.29, 1.82) is 0 Å². The quantitative estimate of drug-likeness (QED) is 0.704. The molecule has 2 amide bonds. The SMILES string of the molecule is CCC(CC)C(CNC(=O)OC(C)(C)C)C(=O)NOC. The van der Waals surface area contributed by atoms with Crippen LogP contribution in [-0.4, -0.2) is 31.3 Å². The molecular weight excluding hydrogens is 260 g/mol. The Hall–Kier alpha value is -1.30. The number of hydrogen-bond donors (Lipinski definition) is 2. The molecule has 0 bridgehead atoms. The minimum atomic E-state index is -0.552. The Labute approximate surface area is 121 Å². The summed E-state index contributed by atoms with van der Waals surface area (Å²) < 4.78 is 5.16. The molecule has 118 valence electrons. The van der Waals surface area contributed by atoms with E-state index in [0.717, 1.165) is 12.8 Å². The Balaban J connectivity index is 4.57. The molecular formula is C14H28N2O4. The first kappa shape index (κ1) is 18.7. The van der Waals surface area contributed by atoms with E-state index >= 15 is 0 Å². The zero-order valence-electron chi connectivity index (χ0n) is 13.4. The number of amides is 2. The zero-order valence-corrected chi connectivity index (χ0v) is 13.4. The summed E-state index contributed by atoms with van der Waals surface area (Å²) in [7, 11) is 1.39. The molecule has 0 aliphatic rings. The molecule has 0 saturated carbocycles. The molecule has 0 aromatic heterocycles. The van der Waals surface area contributed by atoms with E-state index in [1.54, 1.807) is 20.8 Å². The van der Waals surface area contributed by atoms with Gasteiger partial charge in [-0.05, 0) is 26.7 Å². The molecule has 0 saturated heterocycles. The average molecular weight is 288 g/mol. The van der Waals surface area contributed by atoms with Crippen molar-refractivity contribution in [3.05, 3.63) is 0 Å². The predicted octanol–water partition coefficient (Wildman–Crippen LogP) is 2.24. The van der Waals surface area contributed by atoms with Gasteiger partial charge in [-0.1, -0.05) is 26.7 Å². The van der Waals surface area contributed by atoms with Gasteiger partial charge < -0.3 is 10.1 Å². The van der Waals surface area contributed by atoms with E-state index in [0.29, 0.717) is 0 Å². The van der Waals surface area contributed by atoms with E-state index in [9.17, 15) is 9.59 Å². The largest absolute Gasteiger partial charge is 0.444 e. The molecule has 0 spiro atoms. The lowest BCUT2D eigenvalue weighted by atomic mass is 9.87. The van der Waals surface area contributed by atoms with Gasteiger partial charge in [0.15, 0.2) is 0 Å². The lowest BCUT2D eigenvalue weighted by Gasteiger charge is -2.25. The van der Waals surface area contributed by atoms with Gasteiger partial charge in [0.05, 0.1) is 13.0 Å².